The molecule has 1 aliphatic heterocycles. The Balaban J connectivity index is 2.00. The van der Waals surface area contributed by atoms with Gasteiger partial charge in [0.1, 0.15) is 16.8 Å². The molecule has 0 bridgehead atoms. The zero-order valence-corrected chi connectivity index (χ0v) is 11.7. The molecule has 1 amide bonds. The lowest BCUT2D eigenvalue weighted by Crippen LogP contribution is -2.31. The van der Waals surface area contributed by atoms with Crippen LogP contribution in [0.1, 0.15) is 30.2 Å². The molecule has 6 nitrogen and oxygen atoms in total. The lowest BCUT2D eigenvalue weighted by Gasteiger charge is -2.21. The standard InChI is InChI=1S/C12H16N2O4S/c1-3-17-11(16)4-5-14-10(15)7-19-12(14)9-6-8(2)18-13-9/h6,12H,3-5,7H2,1-2H3. The van der Waals surface area contributed by atoms with Gasteiger partial charge in [0.05, 0.1) is 18.8 Å². The van der Waals surface area contributed by atoms with E-state index < -0.39 is 0 Å². The van der Waals surface area contributed by atoms with E-state index in [2.05, 4.69) is 5.16 Å². The number of hydrogen-bond donors (Lipinski definition) is 0. The van der Waals surface area contributed by atoms with E-state index in [-0.39, 0.29) is 23.7 Å². The fourth-order valence-electron chi connectivity index (χ4n) is 1.89. The topological polar surface area (TPSA) is 72.6 Å². The molecule has 1 unspecified atom stereocenters. The third-order valence-electron chi connectivity index (χ3n) is 2.73. The second-order valence-corrected chi connectivity index (χ2v) is 5.24. The van der Waals surface area contributed by atoms with Crippen molar-refractivity contribution in [3.63, 3.8) is 0 Å². The van der Waals surface area contributed by atoms with E-state index in [9.17, 15) is 9.59 Å². The molecule has 0 spiro atoms. The summed E-state index contributed by atoms with van der Waals surface area (Å²) in [7, 11) is 0. The van der Waals surface area contributed by atoms with E-state index in [1.54, 1.807) is 18.7 Å². The molecule has 104 valence electrons. The highest BCUT2D eigenvalue weighted by Gasteiger charge is 2.34. The average Bonchev–Trinajstić information content (AvgIpc) is 2.94. The number of amides is 1. The number of aromatic nitrogens is 1. The summed E-state index contributed by atoms with van der Waals surface area (Å²) in [6.07, 6.45) is 0.202. The first-order chi connectivity index (χ1) is 9.11. The van der Waals surface area contributed by atoms with Crippen LogP contribution in [-0.2, 0) is 14.3 Å². The molecule has 0 saturated carbocycles. The summed E-state index contributed by atoms with van der Waals surface area (Å²) in [4.78, 5) is 24.8. The van der Waals surface area contributed by atoms with Gasteiger partial charge in [0, 0.05) is 12.6 Å². The van der Waals surface area contributed by atoms with E-state index in [1.165, 1.54) is 11.8 Å². The number of carbonyl (C=O) groups excluding carboxylic acids is 2. The molecule has 1 atom stereocenters. The van der Waals surface area contributed by atoms with Crippen LogP contribution in [0.2, 0.25) is 0 Å². The second-order valence-electron chi connectivity index (χ2n) is 4.17. The number of hydrogen-bond acceptors (Lipinski definition) is 6. The highest BCUT2D eigenvalue weighted by molar-refractivity contribution is 8.00. The Morgan fingerprint density at radius 2 is 2.47 bits per heavy atom. The summed E-state index contributed by atoms with van der Waals surface area (Å²) in [6.45, 7) is 4.27. The van der Waals surface area contributed by atoms with Crippen molar-refractivity contribution in [3.8, 4) is 0 Å². The Hall–Kier alpha value is -1.50. The van der Waals surface area contributed by atoms with Crippen molar-refractivity contribution in [2.45, 2.75) is 25.6 Å². The van der Waals surface area contributed by atoms with Crippen molar-refractivity contribution in [2.24, 2.45) is 0 Å². The Labute approximate surface area is 115 Å². The fourth-order valence-corrected chi connectivity index (χ4v) is 3.04. The van der Waals surface area contributed by atoms with Gasteiger partial charge < -0.3 is 14.2 Å². The molecule has 2 heterocycles. The van der Waals surface area contributed by atoms with Crippen molar-refractivity contribution in [3.05, 3.63) is 17.5 Å². The van der Waals surface area contributed by atoms with Crippen LogP contribution >= 0.6 is 11.8 Å². The van der Waals surface area contributed by atoms with E-state index in [0.29, 0.717) is 24.7 Å². The molecular formula is C12H16N2O4S. The quantitative estimate of drug-likeness (QED) is 0.763. The number of carbonyl (C=O) groups is 2. The predicted molar refractivity (Wildman–Crippen MR) is 69.4 cm³/mol. The SMILES string of the molecule is CCOC(=O)CCN1C(=O)CSC1c1cc(C)on1. The summed E-state index contributed by atoms with van der Waals surface area (Å²) in [5.74, 6) is 0.835. The van der Waals surface area contributed by atoms with Gasteiger partial charge in [-0.3, -0.25) is 9.59 Å². The number of thioether (sulfide) groups is 1. The van der Waals surface area contributed by atoms with Crippen molar-refractivity contribution in [1.82, 2.24) is 10.1 Å². The molecule has 1 saturated heterocycles. The van der Waals surface area contributed by atoms with Crippen LogP contribution in [0.3, 0.4) is 0 Å². The number of nitrogens with zero attached hydrogens (tertiary/aromatic N) is 2. The van der Waals surface area contributed by atoms with Crippen LogP contribution < -0.4 is 0 Å². The zero-order valence-electron chi connectivity index (χ0n) is 10.9. The fraction of sp³-hybridized carbons (Fsp3) is 0.583. The summed E-state index contributed by atoms with van der Waals surface area (Å²) in [5.41, 5.74) is 0.720. The van der Waals surface area contributed by atoms with Crippen LogP contribution in [0.25, 0.3) is 0 Å². The molecule has 0 aromatic carbocycles. The molecule has 0 aliphatic carbocycles. The van der Waals surface area contributed by atoms with Gasteiger partial charge in [0.2, 0.25) is 5.91 Å². The Kier molecular flexibility index (Phi) is 4.47. The molecule has 1 fully saturated rings. The maximum atomic E-state index is 11.8. The van der Waals surface area contributed by atoms with Gasteiger partial charge in [-0.25, -0.2) is 0 Å². The number of aryl methyl sites for hydroxylation is 1. The third kappa shape index (κ3) is 3.28. The van der Waals surface area contributed by atoms with Crippen molar-refractivity contribution in [2.75, 3.05) is 18.9 Å². The van der Waals surface area contributed by atoms with Crippen LogP contribution in [0, 0.1) is 6.92 Å². The molecule has 7 heteroatoms. The largest absolute Gasteiger partial charge is 0.466 e. The third-order valence-corrected chi connectivity index (χ3v) is 3.95. The zero-order chi connectivity index (χ0) is 13.8. The van der Waals surface area contributed by atoms with Gasteiger partial charge in [-0.05, 0) is 13.8 Å². The number of ether oxygens (including phenoxy) is 1. The normalized spacial score (nSPS) is 18.9. The van der Waals surface area contributed by atoms with Gasteiger partial charge in [0.15, 0.2) is 0 Å². The molecule has 1 aromatic rings. The minimum atomic E-state index is -0.290. The lowest BCUT2D eigenvalue weighted by atomic mass is 10.3. The monoisotopic (exact) mass is 284 g/mol. The van der Waals surface area contributed by atoms with Gasteiger partial charge in [0.25, 0.3) is 0 Å². The summed E-state index contributed by atoms with van der Waals surface area (Å²) >= 11 is 1.49. The highest BCUT2D eigenvalue weighted by atomic mass is 32.2. The first-order valence-electron chi connectivity index (χ1n) is 6.11. The van der Waals surface area contributed by atoms with E-state index in [1.807, 2.05) is 6.07 Å². The summed E-state index contributed by atoms with van der Waals surface area (Å²) in [5, 5.41) is 3.77. The predicted octanol–water partition coefficient (Wildman–Crippen LogP) is 1.51. The maximum absolute atomic E-state index is 11.8. The van der Waals surface area contributed by atoms with Crippen molar-refractivity contribution in [1.29, 1.82) is 0 Å². The summed E-state index contributed by atoms with van der Waals surface area (Å²) < 4.78 is 9.90. The maximum Gasteiger partial charge on any atom is 0.307 e. The molecular weight excluding hydrogens is 268 g/mol. The molecule has 2 rings (SSSR count). The van der Waals surface area contributed by atoms with Crippen molar-refractivity contribution < 1.29 is 18.8 Å². The van der Waals surface area contributed by atoms with E-state index >= 15 is 0 Å². The van der Waals surface area contributed by atoms with Crippen LogP contribution in [0.4, 0.5) is 0 Å². The van der Waals surface area contributed by atoms with Crippen LogP contribution in [0.5, 0.6) is 0 Å². The Morgan fingerprint density at radius 1 is 1.68 bits per heavy atom. The first kappa shape index (κ1) is 13.9. The number of esters is 1. The molecule has 19 heavy (non-hydrogen) atoms. The molecule has 1 aliphatic rings. The highest BCUT2D eigenvalue weighted by Crippen LogP contribution is 2.38. The lowest BCUT2D eigenvalue weighted by molar-refractivity contribution is -0.143. The molecule has 0 radical (unpaired) electrons. The van der Waals surface area contributed by atoms with Gasteiger partial charge in [-0.2, -0.15) is 0 Å². The van der Waals surface area contributed by atoms with Crippen LogP contribution in [0.15, 0.2) is 10.6 Å². The minimum absolute atomic E-state index is 0.0138. The minimum Gasteiger partial charge on any atom is -0.466 e. The molecule has 1 aromatic heterocycles. The second kappa shape index (κ2) is 6.10. The van der Waals surface area contributed by atoms with E-state index in [4.69, 9.17) is 9.26 Å². The Bertz CT molecular complexity index is 474. The summed E-state index contributed by atoms with van der Waals surface area (Å²) in [6, 6.07) is 1.81. The smallest absolute Gasteiger partial charge is 0.307 e. The average molecular weight is 284 g/mol. The Morgan fingerprint density at radius 3 is 3.11 bits per heavy atom. The van der Waals surface area contributed by atoms with Crippen LogP contribution in [-0.4, -0.2) is 40.8 Å². The van der Waals surface area contributed by atoms with Gasteiger partial charge >= 0.3 is 5.97 Å². The number of rotatable bonds is 5. The van der Waals surface area contributed by atoms with Gasteiger partial charge in [-0.15, -0.1) is 11.8 Å². The molecule has 0 N–H and O–H groups in total. The van der Waals surface area contributed by atoms with E-state index in [0.717, 1.165) is 5.69 Å². The van der Waals surface area contributed by atoms with Crippen molar-refractivity contribution >= 4 is 23.6 Å². The first-order valence-corrected chi connectivity index (χ1v) is 7.16. The van der Waals surface area contributed by atoms with Gasteiger partial charge in [-0.1, -0.05) is 5.16 Å².